The average molecular weight is 343 g/mol. The number of hydrogen-bond donors (Lipinski definition) is 2. The van der Waals surface area contributed by atoms with Gasteiger partial charge in [0.2, 0.25) is 17.7 Å². The lowest BCUT2D eigenvalue weighted by Gasteiger charge is -2.23. The molecule has 1 aliphatic heterocycles. The minimum atomic E-state index is -0.557. The van der Waals surface area contributed by atoms with Crippen LogP contribution in [0, 0.1) is 5.92 Å². The number of rotatable bonds is 4. The van der Waals surface area contributed by atoms with Gasteiger partial charge in [-0.15, -0.1) is 11.3 Å². The standard InChI is InChI=1S/C17H17N3O3S/c1-20-14(21)9-12(15(20)13-6-3-7-24-13)17(23)19-11-5-2-4-10(8-11)16(18)22/h2-8,12,15H,9H2,1H3,(H2,18,22)(H,19,23)/t12-,15-/m1/s1. The molecule has 2 aromatic rings. The van der Waals surface area contributed by atoms with Gasteiger partial charge in [-0.3, -0.25) is 14.4 Å². The van der Waals surface area contributed by atoms with Gasteiger partial charge in [0.1, 0.15) is 0 Å². The normalized spacial score (nSPS) is 20.2. The van der Waals surface area contributed by atoms with E-state index in [4.69, 9.17) is 5.73 Å². The van der Waals surface area contributed by atoms with E-state index in [1.165, 1.54) is 17.4 Å². The molecule has 1 aliphatic rings. The maximum absolute atomic E-state index is 12.7. The van der Waals surface area contributed by atoms with Crippen LogP contribution in [-0.4, -0.2) is 29.7 Å². The van der Waals surface area contributed by atoms with Gasteiger partial charge in [0.25, 0.3) is 0 Å². The van der Waals surface area contributed by atoms with Gasteiger partial charge in [-0.2, -0.15) is 0 Å². The van der Waals surface area contributed by atoms with Crippen LogP contribution in [0.15, 0.2) is 41.8 Å². The van der Waals surface area contributed by atoms with Crippen molar-refractivity contribution in [3.63, 3.8) is 0 Å². The molecule has 3 amide bonds. The van der Waals surface area contributed by atoms with Crippen molar-refractivity contribution in [2.75, 3.05) is 12.4 Å². The van der Waals surface area contributed by atoms with Crippen LogP contribution in [0.2, 0.25) is 0 Å². The fraction of sp³-hybridized carbons (Fsp3) is 0.235. The monoisotopic (exact) mass is 343 g/mol. The third-order valence-electron chi connectivity index (χ3n) is 4.17. The number of nitrogens with one attached hydrogen (secondary N) is 1. The molecule has 0 aliphatic carbocycles. The lowest BCUT2D eigenvalue weighted by Crippen LogP contribution is -2.29. The van der Waals surface area contributed by atoms with Crippen molar-refractivity contribution in [2.24, 2.45) is 11.7 Å². The first kappa shape index (κ1) is 16.2. The van der Waals surface area contributed by atoms with E-state index in [9.17, 15) is 14.4 Å². The Hall–Kier alpha value is -2.67. The highest BCUT2D eigenvalue weighted by Crippen LogP contribution is 2.39. The molecule has 1 aromatic carbocycles. The van der Waals surface area contributed by atoms with Crippen LogP contribution in [0.3, 0.4) is 0 Å². The van der Waals surface area contributed by atoms with Gasteiger partial charge < -0.3 is 16.0 Å². The van der Waals surface area contributed by atoms with Crippen LogP contribution < -0.4 is 11.1 Å². The summed E-state index contributed by atoms with van der Waals surface area (Å²) in [6.45, 7) is 0. The Labute approximate surface area is 143 Å². The summed E-state index contributed by atoms with van der Waals surface area (Å²) in [5.74, 6) is -1.33. The predicted molar refractivity (Wildman–Crippen MR) is 91.5 cm³/mol. The minimum Gasteiger partial charge on any atom is -0.366 e. The zero-order valence-corrected chi connectivity index (χ0v) is 13.9. The molecule has 3 rings (SSSR count). The fourth-order valence-electron chi connectivity index (χ4n) is 2.94. The van der Waals surface area contributed by atoms with Crippen LogP contribution >= 0.6 is 11.3 Å². The molecule has 1 aromatic heterocycles. The molecule has 2 atom stereocenters. The van der Waals surface area contributed by atoms with Crippen LogP contribution in [0.5, 0.6) is 0 Å². The SMILES string of the molecule is CN1C(=O)C[C@@H](C(=O)Nc2cccc(C(N)=O)c2)[C@@H]1c1cccs1. The lowest BCUT2D eigenvalue weighted by atomic mass is 9.97. The molecule has 7 heteroatoms. The first-order valence-electron chi connectivity index (χ1n) is 7.47. The van der Waals surface area contributed by atoms with E-state index < -0.39 is 11.8 Å². The van der Waals surface area contributed by atoms with Gasteiger partial charge >= 0.3 is 0 Å². The Morgan fingerprint density at radius 1 is 1.29 bits per heavy atom. The molecule has 0 bridgehead atoms. The first-order chi connectivity index (χ1) is 11.5. The van der Waals surface area contributed by atoms with Crippen molar-refractivity contribution < 1.29 is 14.4 Å². The second kappa shape index (κ2) is 6.45. The highest BCUT2D eigenvalue weighted by Gasteiger charge is 2.43. The molecule has 0 spiro atoms. The number of carbonyl (C=O) groups excluding carboxylic acids is 3. The number of hydrogen-bond acceptors (Lipinski definition) is 4. The number of likely N-dealkylation sites (tertiary alicyclic amines) is 1. The smallest absolute Gasteiger partial charge is 0.248 e. The number of benzene rings is 1. The fourth-order valence-corrected chi connectivity index (χ4v) is 3.87. The van der Waals surface area contributed by atoms with E-state index in [2.05, 4.69) is 5.32 Å². The maximum Gasteiger partial charge on any atom is 0.248 e. The van der Waals surface area contributed by atoms with Crippen molar-refractivity contribution in [1.82, 2.24) is 4.90 Å². The molecule has 6 nitrogen and oxygen atoms in total. The first-order valence-corrected chi connectivity index (χ1v) is 8.35. The van der Waals surface area contributed by atoms with Crippen LogP contribution in [-0.2, 0) is 9.59 Å². The van der Waals surface area contributed by atoms with Crippen LogP contribution in [0.1, 0.15) is 27.7 Å². The maximum atomic E-state index is 12.7. The third-order valence-corrected chi connectivity index (χ3v) is 5.12. The lowest BCUT2D eigenvalue weighted by molar-refractivity contribution is -0.127. The predicted octanol–water partition coefficient (Wildman–Crippen LogP) is 2.01. The summed E-state index contributed by atoms with van der Waals surface area (Å²) in [7, 11) is 1.72. The minimum absolute atomic E-state index is 0.0561. The van der Waals surface area contributed by atoms with Crippen molar-refractivity contribution in [2.45, 2.75) is 12.5 Å². The molecule has 124 valence electrons. The second-order valence-electron chi connectivity index (χ2n) is 5.71. The van der Waals surface area contributed by atoms with Gasteiger partial charge in [0, 0.05) is 29.6 Å². The highest BCUT2D eigenvalue weighted by molar-refractivity contribution is 7.10. The summed E-state index contributed by atoms with van der Waals surface area (Å²) >= 11 is 1.52. The molecule has 0 unspecified atom stereocenters. The number of thiophene rings is 1. The summed E-state index contributed by atoms with van der Waals surface area (Å²) < 4.78 is 0. The third kappa shape index (κ3) is 3.03. The van der Waals surface area contributed by atoms with Crippen molar-refractivity contribution in [1.29, 1.82) is 0 Å². The molecular weight excluding hydrogens is 326 g/mol. The molecule has 1 fully saturated rings. The van der Waals surface area contributed by atoms with Crippen molar-refractivity contribution in [3.05, 3.63) is 52.2 Å². The Morgan fingerprint density at radius 2 is 2.08 bits per heavy atom. The number of amides is 3. The molecule has 24 heavy (non-hydrogen) atoms. The quantitative estimate of drug-likeness (QED) is 0.889. The number of nitrogens with two attached hydrogens (primary N) is 1. The average Bonchev–Trinajstić information content (AvgIpc) is 3.16. The van der Waals surface area contributed by atoms with E-state index in [0.29, 0.717) is 11.3 Å². The van der Waals surface area contributed by atoms with Crippen LogP contribution in [0.4, 0.5) is 5.69 Å². The van der Waals surface area contributed by atoms with Gasteiger partial charge in [-0.25, -0.2) is 0 Å². The summed E-state index contributed by atoms with van der Waals surface area (Å²) in [5.41, 5.74) is 6.07. The topological polar surface area (TPSA) is 92.5 Å². The number of nitrogens with zero attached hydrogens (tertiary/aromatic N) is 1. The molecular formula is C17H17N3O3S. The summed E-state index contributed by atoms with van der Waals surface area (Å²) in [5, 5.41) is 4.72. The highest BCUT2D eigenvalue weighted by atomic mass is 32.1. The zero-order valence-electron chi connectivity index (χ0n) is 13.1. The van der Waals surface area contributed by atoms with E-state index in [-0.39, 0.29) is 24.3 Å². The van der Waals surface area contributed by atoms with Gasteiger partial charge in [-0.05, 0) is 29.6 Å². The van der Waals surface area contributed by atoms with Crippen molar-refractivity contribution >= 4 is 34.7 Å². The molecule has 0 radical (unpaired) electrons. The van der Waals surface area contributed by atoms with E-state index >= 15 is 0 Å². The van der Waals surface area contributed by atoms with E-state index in [0.717, 1.165) is 4.88 Å². The molecule has 2 heterocycles. The summed E-state index contributed by atoms with van der Waals surface area (Å²) in [4.78, 5) is 38.6. The zero-order chi connectivity index (χ0) is 17.3. The number of anilines is 1. The van der Waals surface area contributed by atoms with Gasteiger partial charge in [0.05, 0.1) is 12.0 Å². The number of carbonyl (C=O) groups is 3. The van der Waals surface area contributed by atoms with Gasteiger partial charge in [-0.1, -0.05) is 12.1 Å². The van der Waals surface area contributed by atoms with E-state index in [1.54, 1.807) is 30.1 Å². The Kier molecular flexibility index (Phi) is 4.35. The molecule has 0 saturated carbocycles. The molecule has 3 N–H and O–H groups in total. The summed E-state index contributed by atoms with van der Waals surface area (Å²) in [6, 6.07) is 10.0. The Morgan fingerprint density at radius 3 is 2.75 bits per heavy atom. The largest absolute Gasteiger partial charge is 0.366 e. The Balaban J connectivity index is 1.82. The van der Waals surface area contributed by atoms with Gasteiger partial charge in [0.15, 0.2) is 0 Å². The summed E-state index contributed by atoms with van der Waals surface area (Å²) in [6.07, 6.45) is 0.167. The molecule has 1 saturated heterocycles. The second-order valence-corrected chi connectivity index (χ2v) is 6.69. The Bertz CT molecular complexity index is 788. The van der Waals surface area contributed by atoms with Crippen molar-refractivity contribution in [3.8, 4) is 0 Å². The van der Waals surface area contributed by atoms with Crippen LogP contribution in [0.25, 0.3) is 0 Å². The number of primary amides is 1. The van der Waals surface area contributed by atoms with E-state index in [1.807, 2.05) is 17.5 Å².